The zero-order chi connectivity index (χ0) is 7.56. The minimum atomic E-state index is -0.784. The summed E-state index contributed by atoms with van der Waals surface area (Å²) in [5.41, 5.74) is 0.238. The molecule has 1 atom stereocenters. The Bertz CT molecular complexity index is 225. The van der Waals surface area contributed by atoms with E-state index in [0.29, 0.717) is 0 Å². The lowest BCUT2D eigenvalue weighted by Crippen LogP contribution is -1.95. The number of nitrogens with zero attached hydrogens (tertiary/aromatic N) is 1. The molecule has 2 nitrogen and oxygen atoms in total. The molecule has 0 fully saturated rings. The van der Waals surface area contributed by atoms with Crippen molar-refractivity contribution in [2.75, 3.05) is 0 Å². The number of rotatable bonds is 1. The molecular weight excluding hydrogens is 133 g/mol. The first kappa shape index (κ1) is 7.15. The van der Waals surface area contributed by atoms with Crippen LogP contribution >= 0.6 is 0 Å². The van der Waals surface area contributed by atoms with E-state index >= 15 is 0 Å². The molecule has 1 unspecified atom stereocenters. The van der Waals surface area contributed by atoms with Crippen LogP contribution in [0.2, 0.25) is 0 Å². The van der Waals surface area contributed by atoms with Gasteiger partial charge in [-0.25, -0.2) is 4.39 Å². The summed E-state index contributed by atoms with van der Waals surface area (Å²) in [6, 6.07) is 1.22. The van der Waals surface area contributed by atoms with E-state index in [2.05, 4.69) is 4.98 Å². The lowest BCUT2D eigenvalue weighted by Gasteiger charge is -2.02. The van der Waals surface area contributed by atoms with Crippen molar-refractivity contribution in [3.05, 3.63) is 29.8 Å². The Hall–Kier alpha value is -0.960. The molecule has 1 heterocycles. The van der Waals surface area contributed by atoms with E-state index in [0.717, 1.165) is 0 Å². The van der Waals surface area contributed by atoms with E-state index in [1.807, 2.05) is 0 Å². The highest BCUT2D eigenvalue weighted by atomic mass is 19.1. The molecule has 0 saturated heterocycles. The first-order valence-corrected chi connectivity index (χ1v) is 2.99. The summed E-state index contributed by atoms with van der Waals surface area (Å²) in [7, 11) is 0. The Balaban J connectivity index is 3.03. The maximum absolute atomic E-state index is 12.6. The summed E-state index contributed by atoms with van der Waals surface area (Å²) in [5.74, 6) is -0.412. The molecule has 0 aliphatic rings. The molecule has 0 amide bonds. The second-order valence-corrected chi connectivity index (χ2v) is 2.07. The van der Waals surface area contributed by atoms with Crippen LogP contribution in [0.3, 0.4) is 0 Å². The van der Waals surface area contributed by atoms with E-state index in [9.17, 15) is 4.39 Å². The van der Waals surface area contributed by atoms with Crippen molar-refractivity contribution in [2.45, 2.75) is 13.0 Å². The molecule has 1 aromatic rings. The lowest BCUT2D eigenvalue weighted by molar-refractivity contribution is 0.193. The van der Waals surface area contributed by atoms with E-state index in [1.54, 1.807) is 0 Å². The van der Waals surface area contributed by atoms with Gasteiger partial charge in [-0.1, -0.05) is 0 Å². The van der Waals surface area contributed by atoms with Gasteiger partial charge in [-0.3, -0.25) is 4.98 Å². The van der Waals surface area contributed by atoms with Crippen molar-refractivity contribution >= 4 is 0 Å². The van der Waals surface area contributed by atoms with E-state index in [1.165, 1.54) is 25.4 Å². The maximum atomic E-state index is 12.6. The Morgan fingerprint density at radius 1 is 1.70 bits per heavy atom. The quantitative estimate of drug-likeness (QED) is 0.639. The summed E-state index contributed by atoms with van der Waals surface area (Å²) in [6.07, 6.45) is 1.88. The molecule has 0 aromatic carbocycles. The summed E-state index contributed by atoms with van der Waals surface area (Å²) in [4.78, 5) is 3.67. The van der Waals surface area contributed by atoms with Gasteiger partial charge in [0.15, 0.2) is 0 Å². The summed E-state index contributed by atoms with van der Waals surface area (Å²) in [6.45, 7) is 1.50. The molecule has 0 aliphatic heterocycles. The predicted molar refractivity (Wildman–Crippen MR) is 34.8 cm³/mol. The molecule has 1 aromatic heterocycles. The van der Waals surface area contributed by atoms with Gasteiger partial charge in [-0.2, -0.15) is 0 Å². The van der Waals surface area contributed by atoms with E-state index < -0.39 is 11.9 Å². The number of aliphatic hydroxyl groups excluding tert-OH is 1. The lowest BCUT2D eigenvalue weighted by atomic mass is 10.2. The number of hydrogen-bond acceptors (Lipinski definition) is 2. The fourth-order valence-corrected chi connectivity index (χ4v) is 0.697. The van der Waals surface area contributed by atoms with Crippen LogP contribution in [-0.4, -0.2) is 10.1 Å². The molecule has 0 bridgehead atoms. The average Bonchev–Trinajstić information content (AvgIpc) is 1.88. The monoisotopic (exact) mass is 141 g/mol. The number of pyridine rings is 1. The molecule has 3 heteroatoms. The van der Waals surface area contributed by atoms with E-state index in [4.69, 9.17) is 5.11 Å². The van der Waals surface area contributed by atoms with Crippen LogP contribution in [0.1, 0.15) is 18.6 Å². The van der Waals surface area contributed by atoms with Gasteiger partial charge >= 0.3 is 0 Å². The molecule has 0 radical (unpaired) electrons. The number of aromatic nitrogens is 1. The van der Waals surface area contributed by atoms with Gasteiger partial charge in [0.1, 0.15) is 5.82 Å². The second kappa shape index (κ2) is 2.75. The molecule has 0 aliphatic carbocycles. The van der Waals surface area contributed by atoms with Crippen molar-refractivity contribution in [1.82, 2.24) is 4.98 Å². The largest absolute Gasteiger partial charge is 0.389 e. The van der Waals surface area contributed by atoms with Crippen molar-refractivity contribution in [3.63, 3.8) is 0 Å². The molecule has 10 heavy (non-hydrogen) atoms. The highest BCUT2D eigenvalue weighted by molar-refractivity contribution is 5.13. The van der Waals surface area contributed by atoms with Crippen LogP contribution in [0, 0.1) is 5.82 Å². The molecule has 1 rings (SSSR count). The Morgan fingerprint density at radius 3 is 2.80 bits per heavy atom. The van der Waals surface area contributed by atoms with Gasteiger partial charge in [0.05, 0.1) is 6.10 Å². The first-order valence-electron chi connectivity index (χ1n) is 2.99. The predicted octanol–water partition coefficient (Wildman–Crippen LogP) is 1.27. The SMILES string of the molecule is CC(O)c1cnccc1F. The third kappa shape index (κ3) is 1.30. The van der Waals surface area contributed by atoms with Crippen LogP contribution in [0.25, 0.3) is 0 Å². The molecule has 1 N–H and O–H groups in total. The van der Waals surface area contributed by atoms with Gasteiger partial charge in [-0.15, -0.1) is 0 Å². The van der Waals surface area contributed by atoms with Crippen LogP contribution in [0.15, 0.2) is 18.5 Å². The topological polar surface area (TPSA) is 33.1 Å². The first-order chi connectivity index (χ1) is 4.72. The van der Waals surface area contributed by atoms with Crippen molar-refractivity contribution < 1.29 is 9.50 Å². The van der Waals surface area contributed by atoms with Crippen molar-refractivity contribution in [1.29, 1.82) is 0 Å². The smallest absolute Gasteiger partial charge is 0.132 e. The third-order valence-corrected chi connectivity index (χ3v) is 1.25. The molecular formula is C7H8FNO. The van der Waals surface area contributed by atoms with Crippen LogP contribution in [-0.2, 0) is 0 Å². The normalized spacial score (nSPS) is 13.1. The summed E-state index contributed by atoms with van der Waals surface area (Å²) in [5, 5.41) is 8.92. The van der Waals surface area contributed by atoms with Crippen LogP contribution in [0.5, 0.6) is 0 Å². The zero-order valence-corrected chi connectivity index (χ0v) is 5.58. The van der Waals surface area contributed by atoms with Crippen molar-refractivity contribution in [2.24, 2.45) is 0 Å². The van der Waals surface area contributed by atoms with E-state index in [-0.39, 0.29) is 5.56 Å². The number of aliphatic hydroxyl groups is 1. The van der Waals surface area contributed by atoms with Gasteiger partial charge in [0.2, 0.25) is 0 Å². The van der Waals surface area contributed by atoms with Gasteiger partial charge in [0.25, 0.3) is 0 Å². The zero-order valence-electron chi connectivity index (χ0n) is 5.58. The highest BCUT2D eigenvalue weighted by Gasteiger charge is 2.05. The Morgan fingerprint density at radius 2 is 2.40 bits per heavy atom. The standard InChI is InChI=1S/C7H8FNO/c1-5(10)6-4-9-3-2-7(6)8/h2-5,10H,1H3. The number of hydrogen-bond donors (Lipinski definition) is 1. The van der Waals surface area contributed by atoms with Crippen LogP contribution < -0.4 is 0 Å². The highest BCUT2D eigenvalue weighted by Crippen LogP contribution is 2.13. The van der Waals surface area contributed by atoms with Gasteiger partial charge in [0, 0.05) is 18.0 Å². The van der Waals surface area contributed by atoms with Gasteiger partial charge < -0.3 is 5.11 Å². The Kier molecular flexibility index (Phi) is 1.97. The molecule has 0 spiro atoms. The van der Waals surface area contributed by atoms with Crippen LogP contribution in [0.4, 0.5) is 4.39 Å². The number of halogens is 1. The summed E-state index contributed by atoms with van der Waals surface area (Å²) >= 11 is 0. The molecule has 0 saturated carbocycles. The van der Waals surface area contributed by atoms with Gasteiger partial charge in [-0.05, 0) is 13.0 Å². The molecule has 54 valence electrons. The second-order valence-electron chi connectivity index (χ2n) is 2.07. The minimum Gasteiger partial charge on any atom is -0.389 e. The fraction of sp³-hybridized carbons (Fsp3) is 0.286. The average molecular weight is 141 g/mol. The Labute approximate surface area is 58.3 Å². The van der Waals surface area contributed by atoms with Crippen molar-refractivity contribution in [3.8, 4) is 0 Å². The maximum Gasteiger partial charge on any atom is 0.132 e. The fourth-order valence-electron chi connectivity index (χ4n) is 0.697. The minimum absolute atomic E-state index is 0.238. The third-order valence-electron chi connectivity index (χ3n) is 1.25. The summed E-state index contributed by atoms with van der Waals surface area (Å²) < 4.78 is 12.6.